The van der Waals surface area contributed by atoms with Crippen molar-refractivity contribution in [3.8, 4) is 0 Å². The molecule has 1 unspecified atom stereocenters. The average Bonchev–Trinajstić information content (AvgIpc) is 2.45. The number of rotatable bonds is 4. The number of hydrogen-bond donors (Lipinski definition) is 1. The lowest BCUT2D eigenvalue weighted by Crippen LogP contribution is -2.43. The van der Waals surface area contributed by atoms with Crippen LogP contribution in [0.3, 0.4) is 0 Å². The lowest BCUT2D eigenvalue weighted by molar-refractivity contribution is -0.137. The molecule has 2 rings (SSSR count). The summed E-state index contributed by atoms with van der Waals surface area (Å²) in [5.41, 5.74) is 0.608. The number of hydrogen-bond acceptors (Lipinski definition) is 2. The zero-order chi connectivity index (χ0) is 14.5. The van der Waals surface area contributed by atoms with Crippen LogP contribution in [0.15, 0.2) is 24.3 Å². The average molecular weight is 296 g/mol. The van der Waals surface area contributed by atoms with Gasteiger partial charge < -0.3 is 10.0 Å². The van der Waals surface area contributed by atoms with E-state index in [9.17, 15) is 9.59 Å². The Hall–Kier alpha value is -1.55. The summed E-state index contributed by atoms with van der Waals surface area (Å²) in [5.74, 6) is -0.841. The van der Waals surface area contributed by atoms with Crippen molar-refractivity contribution in [1.29, 1.82) is 0 Å². The molecule has 1 saturated heterocycles. The number of benzene rings is 1. The topological polar surface area (TPSA) is 57.6 Å². The van der Waals surface area contributed by atoms with Gasteiger partial charge in [0.2, 0.25) is 0 Å². The van der Waals surface area contributed by atoms with Crippen molar-refractivity contribution in [2.24, 2.45) is 0 Å². The molecule has 0 spiro atoms. The molecule has 0 saturated carbocycles. The lowest BCUT2D eigenvalue weighted by Gasteiger charge is -2.35. The summed E-state index contributed by atoms with van der Waals surface area (Å²) in [6, 6.07) is 6.86. The van der Waals surface area contributed by atoms with Gasteiger partial charge in [0, 0.05) is 29.6 Å². The van der Waals surface area contributed by atoms with E-state index >= 15 is 0 Å². The fourth-order valence-corrected chi connectivity index (χ4v) is 2.74. The van der Waals surface area contributed by atoms with Crippen molar-refractivity contribution in [2.75, 3.05) is 6.54 Å². The molecule has 1 fully saturated rings. The first-order chi connectivity index (χ1) is 9.58. The van der Waals surface area contributed by atoms with Crippen LogP contribution in [0.4, 0.5) is 0 Å². The number of likely N-dealkylation sites (tertiary alicyclic amines) is 1. The molecule has 20 heavy (non-hydrogen) atoms. The Morgan fingerprint density at radius 3 is 2.60 bits per heavy atom. The van der Waals surface area contributed by atoms with Gasteiger partial charge in [0.1, 0.15) is 0 Å². The van der Waals surface area contributed by atoms with Crippen LogP contribution in [0.1, 0.15) is 42.5 Å². The van der Waals surface area contributed by atoms with Gasteiger partial charge in [0.15, 0.2) is 0 Å². The number of amides is 1. The van der Waals surface area contributed by atoms with E-state index in [1.54, 1.807) is 24.3 Å². The zero-order valence-electron chi connectivity index (χ0n) is 11.2. The van der Waals surface area contributed by atoms with E-state index < -0.39 is 5.97 Å². The first kappa shape index (κ1) is 14.9. The van der Waals surface area contributed by atoms with Crippen molar-refractivity contribution < 1.29 is 14.7 Å². The predicted molar refractivity (Wildman–Crippen MR) is 77.0 cm³/mol. The van der Waals surface area contributed by atoms with Crippen molar-refractivity contribution in [3.63, 3.8) is 0 Å². The molecule has 4 nitrogen and oxygen atoms in total. The maximum Gasteiger partial charge on any atom is 0.303 e. The van der Waals surface area contributed by atoms with Gasteiger partial charge in [-0.25, -0.2) is 0 Å². The molecule has 0 radical (unpaired) electrons. The van der Waals surface area contributed by atoms with E-state index in [2.05, 4.69) is 0 Å². The van der Waals surface area contributed by atoms with Crippen molar-refractivity contribution >= 4 is 23.5 Å². The minimum Gasteiger partial charge on any atom is -0.481 e. The number of carboxylic acid groups (broad SMARTS) is 1. The van der Waals surface area contributed by atoms with Gasteiger partial charge in [-0.15, -0.1) is 0 Å². The number of carbonyl (C=O) groups is 2. The van der Waals surface area contributed by atoms with Crippen molar-refractivity contribution in [1.82, 2.24) is 4.90 Å². The summed E-state index contributed by atoms with van der Waals surface area (Å²) in [7, 11) is 0. The van der Waals surface area contributed by atoms with Crippen LogP contribution in [0.5, 0.6) is 0 Å². The van der Waals surface area contributed by atoms with Gasteiger partial charge in [0.05, 0.1) is 0 Å². The third-order valence-corrected chi connectivity index (χ3v) is 3.92. The molecule has 108 valence electrons. The second kappa shape index (κ2) is 6.75. The van der Waals surface area contributed by atoms with Crippen LogP contribution < -0.4 is 0 Å². The third kappa shape index (κ3) is 3.73. The smallest absolute Gasteiger partial charge is 0.303 e. The summed E-state index contributed by atoms with van der Waals surface area (Å²) < 4.78 is 0. The van der Waals surface area contributed by atoms with Gasteiger partial charge in [0.25, 0.3) is 5.91 Å². The summed E-state index contributed by atoms with van der Waals surface area (Å²) >= 11 is 5.83. The van der Waals surface area contributed by atoms with Crippen molar-refractivity contribution in [3.05, 3.63) is 34.9 Å². The molecule has 1 aromatic carbocycles. The molecule has 1 N–H and O–H groups in total. The van der Waals surface area contributed by atoms with Crippen LogP contribution >= 0.6 is 11.6 Å². The van der Waals surface area contributed by atoms with E-state index in [1.807, 2.05) is 4.90 Å². The quantitative estimate of drug-likeness (QED) is 0.928. The number of carbonyl (C=O) groups excluding carboxylic acids is 1. The molecule has 1 aliphatic heterocycles. The Morgan fingerprint density at radius 1 is 1.25 bits per heavy atom. The van der Waals surface area contributed by atoms with Gasteiger partial charge in [-0.1, -0.05) is 11.6 Å². The largest absolute Gasteiger partial charge is 0.481 e. The molecular weight excluding hydrogens is 278 g/mol. The SMILES string of the molecule is O=C(O)CCC1CCCCN1C(=O)c1ccc(Cl)cc1. The maximum atomic E-state index is 12.5. The third-order valence-electron chi connectivity index (χ3n) is 3.67. The van der Waals surface area contributed by atoms with E-state index in [-0.39, 0.29) is 18.4 Å². The number of carboxylic acids is 1. The fourth-order valence-electron chi connectivity index (χ4n) is 2.62. The van der Waals surface area contributed by atoms with E-state index in [4.69, 9.17) is 16.7 Å². The summed E-state index contributed by atoms with van der Waals surface area (Å²) in [6.07, 6.45) is 3.54. The summed E-state index contributed by atoms with van der Waals surface area (Å²) in [5, 5.41) is 9.40. The number of halogens is 1. The van der Waals surface area contributed by atoms with Crippen LogP contribution in [-0.2, 0) is 4.79 Å². The van der Waals surface area contributed by atoms with Gasteiger partial charge in [-0.3, -0.25) is 9.59 Å². The second-order valence-corrected chi connectivity index (χ2v) is 5.52. The first-order valence-corrected chi connectivity index (χ1v) is 7.24. The molecule has 1 aromatic rings. The van der Waals surface area contributed by atoms with Crippen LogP contribution in [0, 0.1) is 0 Å². The van der Waals surface area contributed by atoms with Gasteiger partial charge in [-0.2, -0.15) is 0 Å². The van der Waals surface area contributed by atoms with Crippen molar-refractivity contribution in [2.45, 2.75) is 38.1 Å². The highest BCUT2D eigenvalue weighted by Crippen LogP contribution is 2.23. The highest BCUT2D eigenvalue weighted by molar-refractivity contribution is 6.30. The molecule has 0 aliphatic carbocycles. The Bertz CT molecular complexity index is 486. The molecule has 0 aromatic heterocycles. The maximum absolute atomic E-state index is 12.5. The zero-order valence-corrected chi connectivity index (χ0v) is 12.0. The fraction of sp³-hybridized carbons (Fsp3) is 0.467. The highest BCUT2D eigenvalue weighted by atomic mass is 35.5. The lowest BCUT2D eigenvalue weighted by atomic mass is 9.97. The van der Waals surface area contributed by atoms with Gasteiger partial charge >= 0.3 is 5.97 Å². The van der Waals surface area contributed by atoms with E-state index in [0.717, 1.165) is 19.3 Å². The van der Waals surface area contributed by atoms with Crippen LogP contribution in [-0.4, -0.2) is 34.5 Å². The summed E-state index contributed by atoms with van der Waals surface area (Å²) in [6.45, 7) is 0.700. The molecule has 5 heteroatoms. The molecule has 0 bridgehead atoms. The number of piperidine rings is 1. The Morgan fingerprint density at radius 2 is 1.95 bits per heavy atom. The van der Waals surface area contributed by atoms with E-state index in [0.29, 0.717) is 23.6 Å². The molecule has 1 atom stereocenters. The molecule has 1 amide bonds. The van der Waals surface area contributed by atoms with Gasteiger partial charge in [-0.05, 0) is 49.9 Å². The Labute approximate surface area is 123 Å². The summed E-state index contributed by atoms with van der Waals surface area (Å²) in [4.78, 5) is 25.0. The normalized spacial score (nSPS) is 18.9. The standard InChI is InChI=1S/C15H18ClNO3/c16-12-6-4-11(5-7-12)15(20)17-10-2-1-3-13(17)8-9-14(18)19/h4-7,13H,1-3,8-10H2,(H,18,19). The number of nitrogens with zero attached hydrogens (tertiary/aromatic N) is 1. The highest BCUT2D eigenvalue weighted by Gasteiger charge is 2.27. The second-order valence-electron chi connectivity index (χ2n) is 5.09. The van der Waals surface area contributed by atoms with Crippen LogP contribution in [0.2, 0.25) is 5.02 Å². The Kier molecular flexibility index (Phi) is 5.01. The van der Waals surface area contributed by atoms with Crippen LogP contribution in [0.25, 0.3) is 0 Å². The minimum absolute atomic E-state index is 0.0306. The monoisotopic (exact) mass is 295 g/mol. The van der Waals surface area contributed by atoms with E-state index in [1.165, 1.54) is 0 Å². The number of aliphatic carboxylic acids is 1. The Balaban J connectivity index is 2.08. The molecular formula is C15H18ClNO3. The molecule has 1 aliphatic rings. The minimum atomic E-state index is -0.811. The predicted octanol–water partition coefficient (Wildman–Crippen LogP) is 3.20. The first-order valence-electron chi connectivity index (χ1n) is 6.86. The molecule has 1 heterocycles.